The van der Waals surface area contributed by atoms with Crippen LogP contribution >= 0.6 is 11.3 Å². The van der Waals surface area contributed by atoms with Crippen molar-refractivity contribution in [2.75, 3.05) is 0 Å². The number of thiazole rings is 1. The molecule has 0 aliphatic rings. The van der Waals surface area contributed by atoms with Crippen molar-refractivity contribution in [1.29, 1.82) is 0 Å². The van der Waals surface area contributed by atoms with E-state index in [2.05, 4.69) is 15.1 Å². The molecule has 0 spiro atoms. The SMILES string of the molecule is Cc1ccc(-c2nc(CO/N=C(/N)c3ccc(OCc4cccnc4)cc3)cs2)o1. The van der Waals surface area contributed by atoms with Gasteiger partial charge in [0.2, 0.25) is 0 Å². The minimum absolute atomic E-state index is 0.225. The number of pyridine rings is 1. The number of oxime groups is 1. The molecule has 0 aliphatic carbocycles. The van der Waals surface area contributed by atoms with Gasteiger partial charge < -0.3 is 19.7 Å². The molecule has 7 nitrogen and oxygen atoms in total. The smallest absolute Gasteiger partial charge is 0.170 e. The van der Waals surface area contributed by atoms with E-state index in [1.165, 1.54) is 11.3 Å². The molecular weight excluding hydrogens is 400 g/mol. The van der Waals surface area contributed by atoms with E-state index in [-0.39, 0.29) is 12.4 Å². The van der Waals surface area contributed by atoms with Crippen LogP contribution in [0.25, 0.3) is 10.8 Å². The van der Waals surface area contributed by atoms with E-state index >= 15 is 0 Å². The van der Waals surface area contributed by atoms with Crippen molar-refractivity contribution in [3.8, 4) is 16.5 Å². The summed E-state index contributed by atoms with van der Waals surface area (Å²) in [6, 6.07) is 15.0. The average molecular weight is 420 g/mol. The molecule has 0 saturated carbocycles. The Balaban J connectivity index is 1.29. The summed E-state index contributed by atoms with van der Waals surface area (Å²) in [6.07, 6.45) is 3.51. The lowest BCUT2D eigenvalue weighted by Crippen LogP contribution is -2.13. The van der Waals surface area contributed by atoms with Gasteiger partial charge in [-0.05, 0) is 49.4 Å². The molecule has 4 aromatic rings. The molecule has 0 bridgehead atoms. The fraction of sp³-hybridized carbons (Fsp3) is 0.136. The van der Waals surface area contributed by atoms with Gasteiger partial charge in [-0.15, -0.1) is 11.3 Å². The summed E-state index contributed by atoms with van der Waals surface area (Å²) in [5.41, 5.74) is 8.53. The summed E-state index contributed by atoms with van der Waals surface area (Å²) in [5.74, 6) is 2.62. The molecule has 0 amide bonds. The molecule has 3 aromatic heterocycles. The molecule has 0 unspecified atom stereocenters. The van der Waals surface area contributed by atoms with Crippen LogP contribution in [0.4, 0.5) is 0 Å². The molecule has 0 aliphatic heterocycles. The third-order valence-electron chi connectivity index (χ3n) is 4.16. The second kappa shape index (κ2) is 9.23. The molecular formula is C22H20N4O3S. The first-order valence-corrected chi connectivity index (χ1v) is 10.1. The Bertz CT molecular complexity index is 1120. The topological polar surface area (TPSA) is 95.8 Å². The van der Waals surface area contributed by atoms with Crippen LogP contribution in [0.15, 0.2) is 75.9 Å². The lowest BCUT2D eigenvalue weighted by molar-refractivity contribution is 0.128. The van der Waals surface area contributed by atoms with Crippen LogP contribution in [0.1, 0.15) is 22.6 Å². The normalized spacial score (nSPS) is 11.4. The van der Waals surface area contributed by atoms with Crippen molar-refractivity contribution in [3.05, 3.63) is 88.9 Å². The van der Waals surface area contributed by atoms with Crippen LogP contribution in [0.2, 0.25) is 0 Å². The third-order valence-corrected chi connectivity index (χ3v) is 5.06. The number of amidine groups is 1. The van der Waals surface area contributed by atoms with Crippen LogP contribution in [0, 0.1) is 6.92 Å². The number of ether oxygens (including phenoxy) is 1. The van der Waals surface area contributed by atoms with Gasteiger partial charge in [0.25, 0.3) is 0 Å². The lowest BCUT2D eigenvalue weighted by Gasteiger charge is -2.07. The first kappa shape index (κ1) is 19.7. The summed E-state index contributed by atoms with van der Waals surface area (Å²) in [6.45, 7) is 2.58. The predicted molar refractivity (Wildman–Crippen MR) is 115 cm³/mol. The van der Waals surface area contributed by atoms with Crippen molar-refractivity contribution in [1.82, 2.24) is 9.97 Å². The van der Waals surface area contributed by atoms with E-state index in [4.69, 9.17) is 19.7 Å². The average Bonchev–Trinajstić information content (AvgIpc) is 3.42. The molecule has 2 N–H and O–H groups in total. The summed E-state index contributed by atoms with van der Waals surface area (Å²) in [4.78, 5) is 13.9. The van der Waals surface area contributed by atoms with Gasteiger partial charge in [-0.3, -0.25) is 4.98 Å². The summed E-state index contributed by atoms with van der Waals surface area (Å²) in [7, 11) is 0. The van der Waals surface area contributed by atoms with Crippen LogP contribution in [-0.4, -0.2) is 15.8 Å². The van der Waals surface area contributed by atoms with Crippen LogP contribution in [-0.2, 0) is 18.1 Å². The molecule has 4 rings (SSSR count). The zero-order valence-corrected chi connectivity index (χ0v) is 17.1. The lowest BCUT2D eigenvalue weighted by atomic mass is 10.2. The fourth-order valence-corrected chi connectivity index (χ4v) is 3.39. The van der Waals surface area contributed by atoms with Crippen molar-refractivity contribution < 1.29 is 14.0 Å². The van der Waals surface area contributed by atoms with Gasteiger partial charge in [-0.1, -0.05) is 11.2 Å². The van der Waals surface area contributed by atoms with Gasteiger partial charge in [0.05, 0.1) is 5.69 Å². The van der Waals surface area contributed by atoms with E-state index in [0.29, 0.717) is 6.61 Å². The Morgan fingerprint density at radius 2 is 2.00 bits per heavy atom. The Morgan fingerprint density at radius 1 is 1.13 bits per heavy atom. The molecule has 3 heterocycles. The van der Waals surface area contributed by atoms with Crippen LogP contribution < -0.4 is 10.5 Å². The van der Waals surface area contributed by atoms with Crippen molar-refractivity contribution in [3.63, 3.8) is 0 Å². The molecule has 8 heteroatoms. The third kappa shape index (κ3) is 5.03. The van der Waals surface area contributed by atoms with E-state index in [1.807, 2.05) is 60.8 Å². The molecule has 1 aromatic carbocycles. The number of aromatic nitrogens is 2. The second-order valence-electron chi connectivity index (χ2n) is 6.48. The number of aryl methyl sites for hydroxylation is 1. The van der Waals surface area contributed by atoms with E-state index in [1.54, 1.807) is 12.4 Å². The van der Waals surface area contributed by atoms with Gasteiger partial charge >= 0.3 is 0 Å². The van der Waals surface area contributed by atoms with Gasteiger partial charge in [0.1, 0.15) is 18.1 Å². The number of nitrogens with zero attached hydrogens (tertiary/aromatic N) is 3. The summed E-state index contributed by atoms with van der Waals surface area (Å²) in [5, 5.41) is 6.70. The highest BCUT2D eigenvalue weighted by Crippen LogP contribution is 2.25. The number of furan rings is 1. The van der Waals surface area contributed by atoms with E-state index in [9.17, 15) is 0 Å². The van der Waals surface area contributed by atoms with E-state index < -0.39 is 0 Å². The van der Waals surface area contributed by atoms with E-state index in [0.717, 1.165) is 39.1 Å². The maximum absolute atomic E-state index is 6.02. The number of benzene rings is 1. The van der Waals surface area contributed by atoms with Crippen molar-refractivity contribution in [2.45, 2.75) is 20.1 Å². The minimum atomic E-state index is 0.225. The summed E-state index contributed by atoms with van der Waals surface area (Å²) >= 11 is 1.49. The molecule has 0 fully saturated rings. The Hall–Kier alpha value is -3.65. The Labute approximate surface area is 177 Å². The first-order valence-electron chi connectivity index (χ1n) is 9.26. The number of nitrogens with two attached hydrogens (primary N) is 1. The molecule has 152 valence electrons. The maximum atomic E-state index is 6.02. The minimum Gasteiger partial charge on any atom is -0.489 e. The van der Waals surface area contributed by atoms with Crippen LogP contribution in [0.3, 0.4) is 0 Å². The largest absolute Gasteiger partial charge is 0.489 e. The quantitative estimate of drug-likeness (QED) is 0.256. The predicted octanol–water partition coefficient (Wildman–Crippen LogP) is 4.52. The Kier molecular flexibility index (Phi) is 6.05. The Morgan fingerprint density at radius 3 is 2.73 bits per heavy atom. The van der Waals surface area contributed by atoms with Gasteiger partial charge in [-0.25, -0.2) is 4.98 Å². The highest BCUT2D eigenvalue weighted by molar-refractivity contribution is 7.13. The standard InChI is InChI=1S/C22H20N4O3S/c1-15-4-9-20(29-15)22-25-18(14-30-22)13-28-26-21(23)17-5-7-19(8-6-17)27-12-16-3-2-10-24-11-16/h2-11,14H,12-13H2,1H3,(H2,23,26). The number of hydrogen-bond acceptors (Lipinski definition) is 7. The molecule has 0 radical (unpaired) electrons. The zero-order chi connectivity index (χ0) is 20.8. The maximum Gasteiger partial charge on any atom is 0.170 e. The van der Waals surface area contributed by atoms with Crippen molar-refractivity contribution >= 4 is 17.2 Å². The fourth-order valence-electron chi connectivity index (χ4n) is 2.63. The van der Waals surface area contributed by atoms with Gasteiger partial charge in [0, 0.05) is 28.9 Å². The highest BCUT2D eigenvalue weighted by Gasteiger charge is 2.09. The monoisotopic (exact) mass is 420 g/mol. The number of hydrogen-bond donors (Lipinski definition) is 1. The summed E-state index contributed by atoms with van der Waals surface area (Å²) < 4.78 is 11.3. The van der Waals surface area contributed by atoms with Gasteiger partial charge in [-0.2, -0.15) is 0 Å². The van der Waals surface area contributed by atoms with Crippen LogP contribution in [0.5, 0.6) is 5.75 Å². The second-order valence-corrected chi connectivity index (χ2v) is 7.34. The highest BCUT2D eigenvalue weighted by atomic mass is 32.1. The zero-order valence-electron chi connectivity index (χ0n) is 16.3. The molecule has 0 atom stereocenters. The van der Waals surface area contributed by atoms with Gasteiger partial charge in [0.15, 0.2) is 23.2 Å². The molecule has 0 saturated heterocycles. The first-order chi connectivity index (χ1) is 14.7. The van der Waals surface area contributed by atoms with Crippen molar-refractivity contribution in [2.24, 2.45) is 10.9 Å². The molecule has 30 heavy (non-hydrogen) atoms. The number of rotatable bonds is 8.